The van der Waals surface area contributed by atoms with Gasteiger partial charge in [-0.25, -0.2) is 0 Å². The van der Waals surface area contributed by atoms with Crippen LogP contribution in [0.4, 0.5) is 5.69 Å². The summed E-state index contributed by atoms with van der Waals surface area (Å²) in [4.78, 5) is 22.8. The molecule has 78 valence electrons. The van der Waals surface area contributed by atoms with Gasteiger partial charge in [0.2, 0.25) is 5.91 Å². The van der Waals surface area contributed by atoms with Crippen LogP contribution in [-0.2, 0) is 11.2 Å². The highest BCUT2D eigenvalue weighted by molar-refractivity contribution is 6.31. The van der Waals surface area contributed by atoms with Crippen molar-refractivity contribution in [3.05, 3.63) is 28.8 Å². The van der Waals surface area contributed by atoms with Crippen molar-refractivity contribution in [2.75, 3.05) is 11.2 Å². The van der Waals surface area contributed by atoms with Gasteiger partial charge in [0.15, 0.2) is 5.78 Å². The molecule has 4 heteroatoms. The van der Waals surface area contributed by atoms with E-state index in [0.29, 0.717) is 17.7 Å². The van der Waals surface area contributed by atoms with Crippen LogP contribution in [0.15, 0.2) is 12.1 Å². The molecule has 1 N–H and O–H groups in total. The van der Waals surface area contributed by atoms with Crippen LogP contribution in [0, 0.1) is 6.92 Å². The maximum absolute atomic E-state index is 11.5. The third kappa shape index (κ3) is 1.75. The van der Waals surface area contributed by atoms with Crippen LogP contribution < -0.4 is 5.32 Å². The number of hydrogen-bond donors (Lipinski definition) is 1. The van der Waals surface area contributed by atoms with Gasteiger partial charge >= 0.3 is 0 Å². The number of fused-ring (bicyclic) bond motifs is 1. The molecule has 0 saturated carbocycles. The number of rotatable bonds is 2. The Balaban J connectivity index is 2.56. The summed E-state index contributed by atoms with van der Waals surface area (Å²) in [5.74, 6) is -0.288. The van der Waals surface area contributed by atoms with Crippen LogP contribution in [0.25, 0.3) is 0 Å². The third-order valence-corrected chi connectivity index (χ3v) is 2.64. The monoisotopic (exact) mass is 223 g/mol. The normalized spacial score (nSPS) is 13.6. The average Bonchev–Trinajstić information content (AvgIpc) is 2.55. The first-order chi connectivity index (χ1) is 7.11. The molecule has 0 spiro atoms. The van der Waals surface area contributed by atoms with Crippen molar-refractivity contribution in [1.29, 1.82) is 0 Å². The first kappa shape index (κ1) is 10.2. The highest BCUT2D eigenvalue weighted by atomic mass is 35.5. The number of carbonyl (C=O) groups is 2. The van der Waals surface area contributed by atoms with Gasteiger partial charge in [-0.15, -0.1) is 11.6 Å². The fraction of sp³-hybridized carbons (Fsp3) is 0.273. The van der Waals surface area contributed by atoms with E-state index in [4.69, 9.17) is 11.6 Å². The van der Waals surface area contributed by atoms with E-state index in [2.05, 4.69) is 5.32 Å². The van der Waals surface area contributed by atoms with Crippen molar-refractivity contribution in [1.82, 2.24) is 0 Å². The summed E-state index contributed by atoms with van der Waals surface area (Å²) in [6, 6.07) is 3.67. The summed E-state index contributed by atoms with van der Waals surface area (Å²) in [7, 11) is 0. The molecule has 0 radical (unpaired) electrons. The Morgan fingerprint density at radius 1 is 1.53 bits per heavy atom. The molecule has 0 bridgehead atoms. The zero-order chi connectivity index (χ0) is 11.0. The Kier molecular flexibility index (Phi) is 2.49. The molecule has 1 amide bonds. The van der Waals surface area contributed by atoms with E-state index in [1.165, 1.54) is 0 Å². The zero-order valence-electron chi connectivity index (χ0n) is 8.26. The number of carbonyl (C=O) groups excluding carboxylic acids is 2. The second-order valence-electron chi connectivity index (χ2n) is 3.63. The molecule has 0 aromatic heterocycles. The Labute approximate surface area is 92.4 Å². The number of halogens is 1. The quantitative estimate of drug-likeness (QED) is 0.615. The highest BCUT2D eigenvalue weighted by Gasteiger charge is 2.23. The molecule has 0 aliphatic carbocycles. The summed E-state index contributed by atoms with van der Waals surface area (Å²) in [5, 5.41) is 2.69. The number of Topliss-reactive ketones (excluding diaryl/α,β-unsaturated/α-hetero) is 1. The zero-order valence-corrected chi connectivity index (χ0v) is 9.02. The van der Waals surface area contributed by atoms with Gasteiger partial charge in [0.05, 0.1) is 18.0 Å². The van der Waals surface area contributed by atoms with Crippen molar-refractivity contribution in [3.8, 4) is 0 Å². The Morgan fingerprint density at radius 2 is 2.27 bits per heavy atom. The summed E-state index contributed by atoms with van der Waals surface area (Å²) in [6.07, 6.45) is 0.347. The molecule has 0 unspecified atom stereocenters. The minimum absolute atomic E-state index is 0.0637. The van der Waals surface area contributed by atoms with Crippen LogP contribution in [0.2, 0.25) is 0 Å². The molecule has 1 aromatic rings. The minimum atomic E-state index is -0.154. The lowest BCUT2D eigenvalue weighted by atomic mass is 10.0. The van der Waals surface area contributed by atoms with Crippen LogP contribution in [0.1, 0.15) is 21.5 Å². The fourth-order valence-electron chi connectivity index (χ4n) is 1.80. The Bertz CT molecular complexity index is 454. The van der Waals surface area contributed by atoms with Gasteiger partial charge in [0.25, 0.3) is 0 Å². The maximum Gasteiger partial charge on any atom is 0.228 e. The van der Waals surface area contributed by atoms with E-state index in [0.717, 1.165) is 11.1 Å². The number of alkyl halides is 1. The smallest absolute Gasteiger partial charge is 0.228 e. The molecule has 0 atom stereocenters. The molecule has 1 heterocycles. The van der Waals surface area contributed by atoms with Crippen LogP contribution >= 0.6 is 11.6 Å². The largest absolute Gasteiger partial charge is 0.325 e. The Hall–Kier alpha value is -1.35. The predicted molar refractivity (Wildman–Crippen MR) is 58.6 cm³/mol. The van der Waals surface area contributed by atoms with Crippen molar-refractivity contribution < 1.29 is 9.59 Å². The molecule has 1 aliphatic rings. The van der Waals surface area contributed by atoms with Crippen molar-refractivity contribution in [3.63, 3.8) is 0 Å². The van der Waals surface area contributed by atoms with Crippen molar-refractivity contribution >= 4 is 29.0 Å². The second kappa shape index (κ2) is 3.66. The second-order valence-corrected chi connectivity index (χ2v) is 3.90. The van der Waals surface area contributed by atoms with E-state index in [9.17, 15) is 9.59 Å². The van der Waals surface area contributed by atoms with E-state index in [1.807, 2.05) is 13.0 Å². The summed E-state index contributed by atoms with van der Waals surface area (Å²) >= 11 is 5.51. The molecule has 3 nitrogen and oxygen atoms in total. The van der Waals surface area contributed by atoms with Gasteiger partial charge < -0.3 is 5.32 Å². The van der Waals surface area contributed by atoms with E-state index in [1.54, 1.807) is 6.07 Å². The lowest BCUT2D eigenvalue weighted by Crippen LogP contribution is -2.08. The molecule has 15 heavy (non-hydrogen) atoms. The summed E-state index contributed by atoms with van der Waals surface area (Å²) < 4.78 is 0. The van der Waals surface area contributed by atoms with E-state index in [-0.39, 0.29) is 17.6 Å². The van der Waals surface area contributed by atoms with E-state index < -0.39 is 0 Å². The summed E-state index contributed by atoms with van der Waals surface area (Å²) in [6.45, 7) is 1.90. The number of ketones is 1. The lowest BCUT2D eigenvalue weighted by Gasteiger charge is -2.07. The lowest BCUT2D eigenvalue weighted by molar-refractivity contribution is -0.115. The molecule has 2 rings (SSSR count). The molecule has 1 aliphatic heterocycles. The first-order valence-electron chi connectivity index (χ1n) is 4.64. The minimum Gasteiger partial charge on any atom is -0.325 e. The summed E-state index contributed by atoms with van der Waals surface area (Å²) in [5.41, 5.74) is 3.01. The number of anilines is 1. The number of nitrogens with one attached hydrogen (secondary N) is 1. The molecule has 0 saturated heterocycles. The highest BCUT2D eigenvalue weighted by Crippen LogP contribution is 2.29. The standard InChI is InChI=1S/C11H10ClNO2/c1-6-2-7-4-10(15)13-11(7)8(3-6)9(14)5-12/h2-3H,4-5H2,1H3,(H,13,15). The van der Waals surface area contributed by atoms with Crippen LogP contribution in [0.3, 0.4) is 0 Å². The van der Waals surface area contributed by atoms with Gasteiger partial charge in [0.1, 0.15) is 0 Å². The predicted octanol–water partition coefficient (Wildman–Crippen LogP) is 1.91. The number of hydrogen-bond acceptors (Lipinski definition) is 2. The van der Waals surface area contributed by atoms with Crippen LogP contribution in [-0.4, -0.2) is 17.6 Å². The number of aryl methyl sites for hydroxylation is 1. The van der Waals surface area contributed by atoms with Gasteiger partial charge in [-0.05, 0) is 24.1 Å². The molecular weight excluding hydrogens is 214 g/mol. The van der Waals surface area contributed by atoms with Gasteiger partial charge in [-0.2, -0.15) is 0 Å². The average molecular weight is 224 g/mol. The Morgan fingerprint density at radius 3 is 2.93 bits per heavy atom. The maximum atomic E-state index is 11.5. The number of amides is 1. The SMILES string of the molecule is Cc1cc2c(c(C(=O)CCl)c1)NC(=O)C2. The third-order valence-electron chi connectivity index (χ3n) is 2.40. The molecular formula is C11H10ClNO2. The number of benzene rings is 1. The topological polar surface area (TPSA) is 46.2 Å². The molecule has 1 aromatic carbocycles. The van der Waals surface area contributed by atoms with Gasteiger partial charge in [-0.3, -0.25) is 9.59 Å². The van der Waals surface area contributed by atoms with E-state index >= 15 is 0 Å². The first-order valence-corrected chi connectivity index (χ1v) is 5.18. The van der Waals surface area contributed by atoms with Crippen LogP contribution in [0.5, 0.6) is 0 Å². The fourth-order valence-corrected chi connectivity index (χ4v) is 1.94. The van der Waals surface area contributed by atoms with Gasteiger partial charge in [0, 0.05) is 5.56 Å². The van der Waals surface area contributed by atoms with Crippen molar-refractivity contribution in [2.45, 2.75) is 13.3 Å². The van der Waals surface area contributed by atoms with Gasteiger partial charge in [-0.1, -0.05) is 6.07 Å². The van der Waals surface area contributed by atoms with Crippen molar-refractivity contribution in [2.24, 2.45) is 0 Å². The molecule has 0 fully saturated rings.